The number of carbonyl (C=O) groups excluding carboxylic acids is 1. The van der Waals surface area contributed by atoms with Gasteiger partial charge in [-0.3, -0.25) is 4.98 Å². The zero-order valence-electron chi connectivity index (χ0n) is 14.3. The second-order valence-electron chi connectivity index (χ2n) is 6.52. The van der Waals surface area contributed by atoms with Gasteiger partial charge in [0, 0.05) is 12.2 Å². The normalized spacial score (nSPS) is 18.6. The number of hydrogen-bond donors (Lipinski definition) is 1. The van der Waals surface area contributed by atoms with E-state index < -0.39 is 0 Å². The molecule has 2 rings (SSSR count). The predicted octanol–water partition coefficient (Wildman–Crippen LogP) is 3.29. The molecule has 0 radical (unpaired) electrons. The summed E-state index contributed by atoms with van der Waals surface area (Å²) in [5.74, 6) is 0.534. The third-order valence-corrected chi connectivity index (χ3v) is 3.99. The number of nitrogens with one attached hydrogen (secondary N) is 1. The molecule has 1 aliphatic rings. The number of rotatable bonds is 3. The van der Waals surface area contributed by atoms with Crippen LogP contribution < -0.4 is 5.32 Å². The van der Waals surface area contributed by atoms with Gasteiger partial charge in [-0.1, -0.05) is 13.8 Å². The topological polar surface area (TPSA) is 54.5 Å². The standard InChI is InChI=1S/C17H27N3O2/c1-11(2)8-15-10-22-7-6-20(15)17(21)19-16-12(3)9-13(4)18-14(16)5/h9,11,15H,6-8,10H2,1-5H3,(H,19,21). The highest BCUT2D eigenvalue weighted by atomic mass is 16.5. The summed E-state index contributed by atoms with van der Waals surface area (Å²) >= 11 is 0. The molecule has 0 aromatic carbocycles. The lowest BCUT2D eigenvalue weighted by Gasteiger charge is -2.36. The minimum atomic E-state index is -0.0502. The first-order valence-corrected chi connectivity index (χ1v) is 7.98. The van der Waals surface area contributed by atoms with E-state index in [9.17, 15) is 4.79 Å². The molecule has 0 spiro atoms. The molecule has 0 aliphatic carbocycles. The Bertz CT molecular complexity index is 520. The SMILES string of the molecule is Cc1cc(C)c(NC(=O)N2CCOCC2CC(C)C)c(C)n1. The Labute approximate surface area is 133 Å². The van der Waals surface area contributed by atoms with Crippen molar-refractivity contribution in [3.8, 4) is 0 Å². The fraction of sp³-hybridized carbons (Fsp3) is 0.647. The van der Waals surface area contributed by atoms with Crippen LogP contribution in [-0.4, -0.2) is 41.7 Å². The molecule has 22 heavy (non-hydrogen) atoms. The molecule has 2 heterocycles. The van der Waals surface area contributed by atoms with Crippen molar-refractivity contribution in [3.05, 3.63) is 23.0 Å². The smallest absolute Gasteiger partial charge is 0.322 e. The zero-order valence-corrected chi connectivity index (χ0v) is 14.3. The number of nitrogens with zero attached hydrogens (tertiary/aromatic N) is 2. The summed E-state index contributed by atoms with van der Waals surface area (Å²) in [6.07, 6.45) is 0.956. The van der Waals surface area contributed by atoms with E-state index in [0.717, 1.165) is 29.1 Å². The summed E-state index contributed by atoms with van der Waals surface area (Å²) < 4.78 is 5.54. The van der Waals surface area contributed by atoms with E-state index in [-0.39, 0.29) is 12.1 Å². The second-order valence-corrected chi connectivity index (χ2v) is 6.52. The van der Waals surface area contributed by atoms with E-state index in [1.807, 2.05) is 31.7 Å². The summed E-state index contributed by atoms with van der Waals surface area (Å²) in [5, 5.41) is 3.05. The van der Waals surface area contributed by atoms with Crippen molar-refractivity contribution < 1.29 is 9.53 Å². The molecule has 122 valence electrons. The first-order chi connectivity index (χ1) is 10.4. The third kappa shape index (κ3) is 3.97. The number of urea groups is 1. The number of ether oxygens (including phenoxy) is 1. The summed E-state index contributed by atoms with van der Waals surface area (Å²) in [4.78, 5) is 19.0. The Morgan fingerprint density at radius 3 is 2.82 bits per heavy atom. The van der Waals surface area contributed by atoms with Crippen LogP contribution in [0.1, 0.15) is 37.2 Å². The molecule has 2 amide bonds. The lowest BCUT2D eigenvalue weighted by molar-refractivity contribution is 0.00856. The fourth-order valence-electron chi connectivity index (χ4n) is 3.05. The molecule has 0 saturated carbocycles. The van der Waals surface area contributed by atoms with Gasteiger partial charge in [-0.2, -0.15) is 0 Å². The van der Waals surface area contributed by atoms with Crippen molar-refractivity contribution in [2.24, 2.45) is 5.92 Å². The molecule has 1 aliphatic heterocycles. The summed E-state index contributed by atoms with van der Waals surface area (Å²) in [6.45, 7) is 12.1. The van der Waals surface area contributed by atoms with Gasteiger partial charge < -0.3 is 15.0 Å². The molecule has 1 fully saturated rings. The van der Waals surface area contributed by atoms with Crippen molar-refractivity contribution in [1.29, 1.82) is 0 Å². The molecule has 1 aromatic heterocycles. The van der Waals surface area contributed by atoms with Crippen LogP contribution in [0.25, 0.3) is 0 Å². The predicted molar refractivity (Wildman–Crippen MR) is 88.2 cm³/mol. The Hall–Kier alpha value is -1.62. The molecule has 1 unspecified atom stereocenters. The van der Waals surface area contributed by atoms with Crippen LogP contribution in [-0.2, 0) is 4.74 Å². The molecule has 1 atom stereocenters. The van der Waals surface area contributed by atoms with Crippen molar-refractivity contribution in [2.75, 3.05) is 25.1 Å². The Balaban J connectivity index is 2.13. The van der Waals surface area contributed by atoms with E-state index >= 15 is 0 Å². The number of hydrogen-bond acceptors (Lipinski definition) is 3. The highest BCUT2D eigenvalue weighted by Gasteiger charge is 2.28. The van der Waals surface area contributed by atoms with Gasteiger partial charge in [-0.15, -0.1) is 0 Å². The van der Waals surface area contributed by atoms with Crippen molar-refractivity contribution >= 4 is 11.7 Å². The van der Waals surface area contributed by atoms with Crippen LogP contribution in [0.15, 0.2) is 6.07 Å². The van der Waals surface area contributed by atoms with Crippen LogP contribution in [0.4, 0.5) is 10.5 Å². The molecule has 5 nitrogen and oxygen atoms in total. The highest BCUT2D eigenvalue weighted by Crippen LogP contribution is 2.22. The molecule has 1 N–H and O–H groups in total. The van der Waals surface area contributed by atoms with Crippen LogP contribution >= 0.6 is 0 Å². The summed E-state index contributed by atoms with van der Waals surface area (Å²) in [5.41, 5.74) is 3.70. The number of carbonyl (C=O) groups is 1. The lowest BCUT2D eigenvalue weighted by atomic mass is 10.0. The van der Waals surface area contributed by atoms with E-state index in [1.54, 1.807) is 0 Å². The number of anilines is 1. The van der Waals surface area contributed by atoms with Gasteiger partial charge in [-0.25, -0.2) is 4.79 Å². The minimum Gasteiger partial charge on any atom is -0.377 e. The van der Waals surface area contributed by atoms with Crippen LogP contribution in [0.2, 0.25) is 0 Å². The molecular formula is C17H27N3O2. The first kappa shape index (κ1) is 16.7. The van der Waals surface area contributed by atoms with Crippen LogP contribution in [0.5, 0.6) is 0 Å². The maximum atomic E-state index is 12.7. The molecular weight excluding hydrogens is 278 g/mol. The van der Waals surface area contributed by atoms with Crippen molar-refractivity contribution in [1.82, 2.24) is 9.88 Å². The van der Waals surface area contributed by atoms with Gasteiger partial charge in [-0.05, 0) is 44.7 Å². The minimum absolute atomic E-state index is 0.0502. The molecule has 5 heteroatoms. The van der Waals surface area contributed by atoms with Gasteiger partial charge in [0.05, 0.1) is 30.6 Å². The van der Waals surface area contributed by atoms with Gasteiger partial charge in [0.1, 0.15) is 0 Å². The van der Waals surface area contributed by atoms with Gasteiger partial charge in [0.2, 0.25) is 0 Å². The van der Waals surface area contributed by atoms with Crippen molar-refractivity contribution in [2.45, 2.75) is 47.1 Å². The van der Waals surface area contributed by atoms with Gasteiger partial charge >= 0.3 is 6.03 Å². The van der Waals surface area contributed by atoms with E-state index in [1.165, 1.54) is 0 Å². The number of amides is 2. The van der Waals surface area contributed by atoms with Gasteiger partial charge in [0.15, 0.2) is 0 Å². The average molecular weight is 305 g/mol. The number of morpholine rings is 1. The molecule has 1 saturated heterocycles. The van der Waals surface area contributed by atoms with E-state index in [4.69, 9.17) is 4.74 Å². The largest absolute Gasteiger partial charge is 0.377 e. The summed E-state index contributed by atoms with van der Waals surface area (Å²) in [6, 6.07) is 2.09. The lowest BCUT2D eigenvalue weighted by Crippen LogP contribution is -2.50. The fourth-order valence-corrected chi connectivity index (χ4v) is 3.05. The number of aromatic nitrogens is 1. The van der Waals surface area contributed by atoms with Crippen molar-refractivity contribution in [3.63, 3.8) is 0 Å². The first-order valence-electron chi connectivity index (χ1n) is 7.98. The van der Waals surface area contributed by atoms with E-state index in [0.29, 0.717) is 25.7 Å². The number of pyridine rings is 1. The molecule has 1 aromatic rings. The quantitative estimate of drug-likeness (QED) is 0.932. The Morgan fingerprint density at radius 1 is 1.45 bits per heavy atom. The highest BCUT2D eigenvalue weighted by molar-refractivity contribution is 5.91. The Kier molecular flexibility index (Phi) is 5.40. The van der Waals surface area contributed by atoms with Gasteiger partial charge in [0.25, 0.3) is 0 Å². The number of aryl methyl sites for hydroxylation is 3. The van der Waals surface area contributed by atoms with E-state index in [2.05, 4.69) is 24.1 Å². The van der Waals surface area contributed by atoms with Crippen LogP contribution in [0, 0.1) is 26.7 Å². The molecule has 0 bridgehead atoms. The van der Waals surface area contributed by atoms with Crippen LogP contribution in [0.3, 0.4) is 0 Å². The zero-order chi connectivity index (χ0) is 16.3. The summed E-state index contributed by atoms with van der Waals surface area (Å²) in [7, 11) is 0. The maximum Gasteiger partial charge on any atom is 0.322 e. The average Bonchev–Trinajstić information content (AvgIpc) is 2.42. The third-order valence-electron chi connectivity index (χ3n) is 3.99. The maximum absolute atomic E-state index is 12.7. The second kappa shape index (κ2) is 7.09. The monoisotopic (exact) mass is 305 g/mol. The Morgan fingerprint density at radius 2 is 2.18 bits per heavy atom.